The van der Waals surface area contributed by atoms with E-state index in [-0.39, 0.29) is 23.3 Å². The number of nitrogens with one attached hydrogen (secondary N) is 1. The van der Waals surface area contributed by atoms with Crippen molar-refractivity contribution in [1.29, 1.82) is 0 Å². The summed E-state index contributed by atoms with van der Waals surface area (Å²) in [5.74, 6) is 0.880. The maximum Gasteiger partial charge on any atom is 0.245 e. The minimum Gasteiger partial charge on any atom is -0.344 e. The van der Waals surface area contributed by atoms with Crippen LogP contribution in [0.2, 0.25) is 0 Å². The zero-order chi connectivity index (χ0) is 14.8. The van der Waals surface area contributed by atoms with Crippen LogP contribution in [0.3, 0.4) is 0 Å². The van der Waals surface area contributed by atoms with Crippen LogP contribution in [0.15, 0.2) is 0 Å². The molecule has 0 aromatic rings. The van der Waals surface area contributed by atoms with E-state index in [2.05, 4.69) is 5.32 Å². The maximum absolute atomic E-state index is 12.7. The Morgan fingerprint density at radius 1 is 1.20 bits per heavy atom. The Balaban J connectivity index is 1.99. The second-order valence-corrected chi connectivity index (χ2v) is 7.38. The van der Waals surface area contributed by atoms with Crippen LogP contribution in [0, 0.1) is 11.3 Å². The van der Waals surface area contributed by atoms with Crippen molar-refractivity contribution in [2.75, 3.05) is 13.1 Å². The fraction of sp³-hybridized carbons (Fsp3) is 0.875. The van der Waals surface area contributed by atoms with E-state index in [9.17, 15) is 9.59 Å². The molecule has 0 bridgehead atoms. The van der Waals surface area contributed by atoms with Crippen LogP contribution in [0.25, 0.3) is 0 Å². The summed E-state index contributed by atoms with van der Waals surface area (Å²) in [6.07, 6.45) is 6.82. The van der Waals surface area contributed by atoms with Crippen LogP contribution in [0.1, 0.15) is 59.3 Å². The average Bonchev–Trinajstić information content (AvgIpc) is 2.82. The van der Waals surface area contributed by atoms with Crippen molar-refractivity contribution in [3.05, 3.63) is 0 Å². The van der Waals surface area contributed by atoms with Crippen molar-refractivity contribution in [3.63, 3.8) is 0 Å². The van der Waals surface area contributed by atoms with E-state index in [1.165, 1.54) is 25.7 Å². The fourth-order valence-corrected chi connectivity index (χ4v) is 3.27. The molecule has 1 heterocycles. The van der Waals surface area contributed by atoms with Crippen LogP contribution < -0.4 is 5.32 Å². The molecule has 1 N–H and O–H groups in total. The minimum absolute atomic E-state index is 0.00152. The van der Waals surface area contributed by atoms with E-state index in [1.807, 2.05) is 25.7 Å². The molecule has 2 rings (SSSR count). The number of carbonyl (C=O) groups is 2. The summed E-state index contributed by atoms with van der Waals surface area (Å²) in [4.78, 5) is 26.4. The molecular formula is C16H28N2O2. The maximum atomic E-state index is 12.7. The predicted molar refractivity (Wildman–Crippen MR) is 79.2 cm³/mol. The van der Waals surface area contributed by atoms with Gasteiger partial charge in [-0.25, -0.2) is 0 Å². The van der Waals surface area contributed by atoms with Gasteiger partial charge in [0, 0.05) is 19.5 Å². The van der Waals surface area contributed by atoms with Crippen molar-refractivity contribution in [3.8, 4) is 0 Å². The molecule has 0 radical (unpaired) electrons. The summed E-state index contributed by atoms with van der Waals surface area (Å²) in [6.45, 7) is 7.41. The van der Waals surface area contributed by atoms with E-state index in [0.717, 1.165) is 18.9 Å². The standard InChI is InChI=1S/C16H28N2O2/c1-16(2,3)14-15(20)18(11-9-13(19)17-14)10-8-12-6-4-5-7-12/h12,14H,4-11H2,1-3H3,(H,17,19). The zero-order valence-electron chi connectivity index (χ0n) is 13.1. The third kappa shape index (κ3) is 3.74. The smallest absolute Gasteiger partial charge is 0.245 e. The Labute approximate surface area is 122 Å². The number of hydrogen-bond donors (Lipinski definition) is 1. The second-order valence-electron chi connectivity index (χ2n) is 7.38. The zero-order valence-corrected chi connectivity index (χ0v) is 13.1. The summed E-state index contributed by atoms with van der Waals surface area (Å²) < 4.78 is 0. The van der Waals surface area contributed by atoms with Crippen molar-refractivity contribution < 1.29 is 9.59 Å². The lowest BCUT2D eigenvalue weighted by Crippen LogP contribution is -2.52. The van der Waals surface area contributed by atoms with Gasteiger partial charge >= 0.3 is 0 Å². The molecule has 2 fully saturated rings. The highest BCUT2D eigenvalue weighted by molar-refractivity contribution is 5.90. The van der Waals surface area contributed by atoms with Crippen molar-refractivity contribution in [2.24, 2.45) is 11.3 Å². The Kier molecular flexibility index (Phi) is 4.71. The summed E-state index contributed by atoms with van der Waals surface area (Å²) in [7, 11) is 0. The molecule has 1 saturated carbocycles. The molecule has 4 nitrogen and oxygen atoms in total. The highest BCUT2D eigenvalue weighted by Crippen LogP contribution is 2.28. The minimum atomic E-state index is -0.388. The van der Waals surface area contributed by atoms with Gasteiger partial charge < -0.3 is 10.2 Å². The number of rotatable bonds is 3. The molecule has 1 aliphatic heterocycles. The molecule has 20 heavy (non-hydrogen) atoms. The first-order chi connectivity index (χ1) is 9.38. The van der Waals surface area contributed by atoms with Gasteiger partial charge in [-0.3, -0.25) is 9.59 Å². The molecule has 1 saturated heterocycles. The van der Waals surface area contributed by atoms with E-state index in [1.54, 1.807) is 0 Å². The third-order valence-electron chi connectivity index (χ3n) is 4.62. The summed E-state index contributed by atoms with van der Waals surface area (Å²) in [6, 6.07) is -0.388. The lowest BCUT2D eigenvalue weighted by Gasteiger charge is -2.32. The van der Waals surface area contributed by atoms with Crippen LogP contribution in [0.4, 0.5) is 0 Å². The van der Waals surface area contributed by atoms with E-state index in [0.29, 0.717) is 13.0 Å². The Bertz CT molecular complexity index is 367. The summed E-state index contributed by atoms with van der Waals surface area (Å²) in [5.41, 5.74) is -0.233. The topological polar surface area (TPSA) is 49.4 Å². The van der Waals surface area contributed by atoms with Gasteiger partial charge in [-0.15, -0.1) is 0 Å². The van der Waals surface area contributed by atoms with Gasteiger partial charge in [0.15, 0.2) is 0 Å². The lowest BCUT2D eigenvalue weighted by atomic mass is 9.86. The van der Waals surface area contributed by atoms with E-state index < -0.39 is 0 Å². The average molecular weight is 280 g/mol. The first-order valence-corrected chi connectivity index (χ1v) is 7.96. The number of nitrogens with zero attached hydrogens (tertiary/aromatic N) is 1. The Hall–Kier alpha value is -1.06. The SMILES string of the molecule is CC(C)(C)C1NC(=O)CCN(CCC2CCCC2)C1=O. The van der Waals surface area contributed by atoms with Gasteiger partial charge in [-0.05, 0) is 17.8 Å². The van der Waals surface area contributed by atoms with E-state index >= 15 is 0 Å². The van der Waals surface area contributed by atoms with Gasteiger partial charge in [0.2, 0.25) is 11.8 Å². The number of amides is 2. The number of hydrogen-bond acceptors (Lipinski definition) is 2. The quantitative estimate of drug-likeness (QED) is 0.862. The molecule has 0 aromatic carbocycles. The predicted octanol–water partition coefficient (Wildman–Crippen LogP) is 2.33. The summed E-state index contributed by atoms with van der Waals surface area (Å²) >= 11 is 0. The van der Waals surface area contributed by atoms with Crippen LogP contribution >= 0.6 is 0 Å². The van der Waals surface area contributed by atoms with Crippen LogP contribution in [0.5, 0.6) is 0 Å². The first kappa shape index (κ1) is 15.3. The molecule has 2 amide bonds. The molecule has 0 aromatic heterocycles. The monoisotopic (exact) mass is 280 g/mol. The molecule has 2 aliphatic rings. The van der Waals surface area contributed by atoms with Crippen molar-refractivity contribution >= 4 is 11.8 Å². The largest absolute Gasteiger partial charge is 0.344 e. The molecule has 1 atom stereocenters. The van der Waals surface area contributed by atoms with Gasteiger partial charge in [0.25, 0.3) is 0 Å². The van der Waals surface area contributed by atoms with Crippen LogP contribution in [-0.4, -0.2) is 35.8 Å². The molecule has 0 spiro atoms. The molecule has 1 unspecified atom stereocenters. The van der Waals surface area contributed by atoms with E-state index in [4.69, 9.17) is 0 Å². The molecule has 4 heteroatoms. The Morgan fingerprint density at radius 2 is 1.85 bits per heavy atom. The van der Waals surface area contributed by atoms with Gasteiger partial charge in [-0.2, -0.15) is 0 Å². The number of carbonyl (C=O) groups excluding carboxylic acids is 2. The molecular weight excluding hydrogens is 252 g/mol. The third-order valence-corrected chi connectivity index (χ3v) is 4.62. The van der Waals surface area contributed by atoms with Crippen molar-refractivity contribution in [1.82, 2.24) is 10.2 Å². The molecule has 1 aliphatic carbocycles. The van der Waals surface area contributed by atoms with Crippen molar-refractivity contribution in [2.45, 2.75) is 65.3 Å². The van der Waals surface area contributed by atoms with Gasteiger partial charge in [-0.1, -0.05) is 46.5 Å². The summed E-state index contributed by atoms with van der Waals surface area (Å²) in [5, 5.41) is 2.90. The molecule has 114 valence electrons. The van der Waals surface area contributed by atoms with Gasteiger partial charge in [0.05, 0.1) is 0 Å². The normalized spacial score (nSPS) is 25.8. The fourth-order valence-electron chi connectivity index (χ4n) is 3.27. The lowest BCUT2D eigenvalue weighted by molar-refractivity contribution is -0.136. The highest BCUT2D eigenvalue weighted by atomic mass is 16.2. The Morgan fingerprint density at radius 3 is 2.45 bits per heavy atom. The second kappa shape index (κ2) is 6.15. The first-order valence-electron chi connectivity index (χ1n) is 7.96. The van der Waals surface area contributed by atoms with Crippen LogP contribution in [-0.2, 0) is 9.59 Å². The highest BCUT2D eigenvalue weighted by Gasteiger charge is 2.37. The van der Waals surface area contributed by atoms with Gasteiger partial charge in [0.1, 0.15) is 6.04 Å².